The predicted molar refractivity (Wildman–Crippen MR) is 142 cm³/mol. The molecule has 1 aliphatic heterocycles. The average Bonchev–Trinajstić information content (AvgIpc) is 2.87. The zero-order valence-electron chi connectivity index (χ0n) is 21.0. The van der Waals surface area contributed by atoms with Crippen LogP contribution in [-0.2, 0) is 16.1 Å². The van der Waals surface area contributed by atoms with Crippen molar-refractivity contribution in [2.45, 2.75) is 46.1 Å². The number of hydrogen-bond acceptors (Lipinski definition) is 5. The fourth-order valence-electron chi connectivity index (χ4n) is 5.16. The summed E-state index contributed by atoms with van der Waals surface area (Å²) in [5, 5.41) is 4.53. The molecule has 1 aromatic heterocycles. The Bertz CT molecular complexity index is 1180. The van der Waals surface area contributed by atoms with Crippen molar-refractivity contribution in [3.8, 4) is 0 Å². The van der Waals surface area contributed by atoms with E-state index in [2.05, 4.69) is 40.5 Å². The molecule has 3 aromatic rings. The highest BCUT2D eigenvalue weighted by Gasteiger charge is 2.42. The summed E-state index contributed by atoms with van der Waals surface area (Å²) in [4.78, 5) is 28.1. The summed E-state index contributed by atoms with van der Waals surface area (Å²) in [5.74, 6) is -0.0804. The summed E-state index contributed by atoms with van der Waals surface area (Å²) in [5.41, 5.74) is 2.76. The van der Waals surface area contributed by atoms with Gasteiger partial charge in [-0.25, -0.2) is 0 Å². The monoisotopic (exact) mass is 475 g/mol. The van der Waals surface area contributed by atoms with Gasteiger partial charge in [0.2, 0.25) is 0 Å². The third kappa shape index (κ3) is 6.12. The lowest BCUT2D eigenvalue weighted by Gasteiger charge is -2.40. The molecule has 0 aliphatic carbocycles. The Hall–Kier alpha value is -3.12. The maximum Gasteiger partial charge on any atom is 0.312 e. The van der Waals surface area contributed by atoms with E-state index in [1.807, 2.05) is 42.7 Å². The van der Waals surface area contributed by atoms with Crippen molar-refractivity contribution < 1.29 is 9.53 Å². The van der Waals surface area contributed by atoms with Crippen LogP contribution in [0.5, 0.6) is 0 Å². The molecule has 2 heterocycles. The summed E-state index contributed by atoms with van der Waals surface area (Å²) in [7, 11) is 0. The van der Waals surface area contributed by atoms with Gasteiger partial charge in [-0.1, -0.05) is 30.3 Å². The van der Waals surface area contributed by atoms with Crippen LogP contribution in [0.15, 0.2) is 65.5 Å². The molecule has 6 nitrogen and oxygen atoms in total. The maximum atomic E-state index is 13.1. The minimum atomic E-state index is -0.469. The number of hydrogen-bond donors (Lipinski definition) is 1. The summed E-state index contributed by atoms with van der Waals surface area (Å²) in [6.07, 6.45) is 3.08. The van der Waals surface area contributed by atoms with Gasteiger partial charge >= 0.3 is 5.97 Å². The number of nitrogens with one attached hydrogen (secondary N) is 1. The Labute approximate surface area is 207 Å². The molecule has 2 aromatic carbocycles. The number of ether oxygens (including phenoxy) is 1. The Balaban J connectivity index is 1.37. The Morgan fingerprint density at radius 2 is 1.77 bits per heavy atom. The van der Waals surface area contributed by atoms with Crippen molar-refractivity contribution in [3.05, 3.63) is 76.6 Å². The molecule has 1 fully saturated rings. The molecule has 1 aliphatic rings. The lowest BCUT2D eigenvalue weighted by molar-refractivity contribution is -0.159. The van der Waals surface area contributed by atoms with Crippen molar-refractivity contribution in [1.82, 2.24) is 9.47 Å². The normalized spacial score (nSPS) is 15.7. The maximum absolute atomic E-state index is 13.1. The van der Waals surface area contributed by atoms with Gasteiger partial charge in [-0.05, 0) is 87.8 Å². The predicted octanol–water partition coefficient (Wildman–Crippen LogP) is 4.85. The van der Waals surface area contributed by atoms with Crippen molar-refractivity contribution in [1.29, 1.82) is 0 Å². The van der Waals surface area contributed by atoms with Crippen molar-refractivity contribution in [3.63, 3.8) is 0 Å². The molecule has 0 radical (unpaired) electrons. The zero-order chi connectivity index (χ0) is 24.7. The van der Waals surface area contributed by atoms with E-state index in [1.165, 1.54) is 0 Å². The second-order valence-electron chi connectivity index (χ2n) is 9.62. The first kappa shape index (κ1) is 25.0. The van der Waals surface area contributed by atoms with Crippen LogP contribution in [0.4, 0.5) is 5.69 Å². The highest BCUT2D eigenvalue weighted by Crippen LogP contribution is 2.38. The number of aryl methyl sites for hydroxylation is 2. The van der Waals surface area contributed by atoms with Crippen molar-refractivity contribution in [2.75, 3.05) is 38.1 Å². The number of anilines is 1. The van der Waals surface area contributed by atoms with Gasteiger partial charge in [0.1, 0.15) is 0 Å². The lowest BCUT2D eigenvalue weighted by atomic mass is 9.74. The summed E-state index contributed by atoms with van der Waals surface area (Å²) < 4.78 is 7.39. The standard InChI is InChI=1S/C29H37N3O3/c1-3-35-28(34)29(15-19-31(20-16-29)21-17-30-25-8-5-4-6-9-25)14-7-18-32-26-22-23(2)10-11-24(26)12-13-27(32)33/h4-6,8-13,22,30H,3,7,14-21H2,1-2H3. The van der Waals surface area contributed by atoms with Crippen LogP contribution in [0.25, 0.3) is 10.9 Å². The third-order valence-electron chi connectivity index (χ3n) is 7.24. The van der Waals surface area contributed by atoms with Crippen LogP contribution in [0.2, 0.25) is 0 Å². The molecule has 0 atom stereocenters. The topological polar surface area (TPSA) is 63.6 Å². The number of esters is 1. The number of nitrogens with zero attached hydrogens (tertiary/aromatic N) is 2. The van der Waals surface area contributed by atoms with E-state index < -0.39 is 5.41 Å². The van der Waals surface area contributed by atoms with Crippen molar-refractivity contribution >= 4 is 22.6 Å². The number of carbonyl (C=O) groups excluding carboxylic acids is 1. The molecular formula is C29H37N3O3. The third-order valence-corrected chi connectivity index (χ3v) is 7.24. The van der Waals surface area contributed by atoms with Crippen LogP contribution in [-0.4, -0.2) is 48.2 Å². The highest BCUT2D eigenvalue weighted by molar-refractivity contribution is 5.79. The van der Waals surface area contributed by atoms with Crippen LogP contribution in [0.1, 0.15) is 38.2 Å². The Kier molecular flexibility index (Phi) is 8.24. The minimum Gasteiger partial charge on any atom is -0.466 e. The molecule has 6 heteroatoms. The van der Waals surface area contributed by atoms with E-state index in [0.29, 0.717) is 13.2 Å². The van der Waals surface area contributed by atoms with Gasteiger partial charge in [0, 0.05) is 31.4 Å². The molecule has 1 N–H and O–H groups in total. The number of fused-ring (bicyclic) bond motifs is 1. The van der Waals surface area contributed by atoms with Crippen LogP contribution in [0.3, 0.4) is 0 Å². The molecule has 0 amide bonds. The molecule has 35 heavy (non-hydrogen) atoms. The largest absolute Gasteiger partial charge is 0.466 e. The van der Waals surface area contributed by atoms with Gasteiger partial charge in [0.25, 0.3) is 5.56 Å². The molecule has 0 saturated carbocycles. The number of piperidine rings is 1. The highest BCUT2D eigenvalue weighted by atomic mass is 16.5. The lowest BCUT2D eigenvalue weighted by Crippen LogP contribution is -2.46. The van der Waals surface area contributed by atoms with Gasteiger partial charge in [0.15, 0.2) is 0 Å². The quantitative estimate of drug-likeness (QED) is 0.425. The van der Waals surface area contributed by atoms with E-state index >= 15 is 0 Å². The summed E-state index contributed by atoms with van der Waals surface area (Å²) in [6.45, 7) is 8.48. The number of benzene rings is 2. The molecule has 186 valence electrons. The van der Waals surface area contributed by atoms with E-state index in [4.69, 9.17) is 4.74 Å². The van der Waals surface area contributed by atoms with Gasteiger partial charge in [-0.3, -0.25) is 9.59 Å². The van der Waals surface area contributed by atoms with Gasteiger partial charge in [0.05, 0.1) is 17.5 Å². The molecule has 0 spiro atoms. The van der Waals surface area contributed by atoms with Crippen molar-refractivity contribution in [2.24, 2.45) is 5.41 Å². The van der Waals surface area contributed by atoms with Gasteiger partial charge in [-0.2, -0.15) is 0 Å². The fraction of sp³-hybridized carbons (Fsp3) is 0.448. The number of aromatic nitrogens is 1. The van der Waals surface area contributed by atoms with E-state index in [-0.39, 0.29) is 11.5 Å². The second kappa shape index (κ2) is 11.5. The zero-order valence-corrected chi connectivity index (χ0v) is 21.0. The van der Waals surface area contributed by atoms with Crippen LogP contribution >= 0.6 is 0 Å². The SMILES string of the molecule is CCOC(=O)C1(CCCn2c(=O)ccc3ccc(C)cc32)CCN(CCNc2ccccc2)CC1. The fourth-order valence-corrected chi connectivity index (χ4v) is 5.16. The van der Waals surface area contributed by atoms with E-state index in [0.717, 1.165) is 74.0 Å². The number of carbonyl (C=O) groups is 1. The second-order valence-corrected chi connectivity index (χ2v) is 9.62. The summed E-state index contributed by atoms with van der Waals surface area (Å²) in [6, 6.07) is 19.9. The van der Waals surface area contributed by atoms with Gasteiger partial charge < -0.3 is 19.5 Å². The number of likely N-dealkylation sites (tertiary alicyclic amines) is 1. The number of para-hydroxylation sites is 1. The Morgan fingerprint density at radius 1 is 1.03 bits per heavy atom. The minimum absolute atomic E-state index is 0.00835. The average molecular weight is 476 g/mol. The van der Waals surface area contributed by atoms with Crippen LogP contribution < -0.4 is 10.9 Å². The van der Waals surface area contributed by atoms with E-state index in [9.17, 15) is 9.59 Å². The number of rotatable bonds is 10. The smallest absolute Gasteiger partial charge is 0.312 e. The molecule has 0 bridgehead atoms. The first-order chi connectivity index (χ1) is 17.0. The first-order valence-corrected chi connectivity index (χ1v) is 12.8. The molecule has 1 saturated heterocycles. The van der Waals surface area contributed by atoms with Crippen LogP contribution in [0, 0.1) is 12.3 Å². The van der Waals surface area contributed by atoms with Gasteiger partial charge in [-0.15, -0.1) is 0 Å². The number of pyridine rings is 1. The van der Waals surface area contributed by atoms with E-state index in [1.54, 1.807) is 6.07 Å². The molecule has 4 rings (SSSR count). The molecular weight excluding hydrogens is 438 g/mol. The summed E-state index contributed by atoms with van der Waals surface area (Å²) >= 11 is 0. The Morgan fingerprint density at radius 3 is 2.51 bits per heavy atom. The first-order valence-electron chi connectivity index (χ1n) is 12.8. The molecule has 0 unspecified atom stereocenters.